The van der Waals surface area contributed by atoms with E-state index in [1.165, 1.54) is 7.11 Å². The van der Waals surface area contributed by atoms with Gasteiger partial charge in [-0.2, -0.15) is 0 Å². The molecule has 4 rings (SSSR count). The van der Waals surface area contributed by atoms with Crippen molar-refractivity contribution in [2.45, 2.75) is 37.6 Å². The fourth-order valence-electron chi connectivity index (χ4n) is 4.81. The van der Waals surface area contributed by atoms with E-state index < -0.39 is 23.5 Å². The molecule has 10 nitrogen and oxygen atoms in total. The lowest BCUT2D eigenvalue weighted by Gasteiger charge is -2.39. The second kappa shape index (κ2) is 7.12. The molecule has 10 heteroatoms. The summed E-state index contributed by atoms with van der Waals surface area (Å²) in [5.74, 6) is -1.47. The third kappa shape index (κ3) is 2.77. The lowest BCUT2D eigenvalue weighted by Crippen LogP contribution is -2.55. The molecule has 5 N–H and O–H groups in total. The Morgan fingerprint density at radius 3 is 2.76 bits per heavy atom. The van der Waals surface area contributed by atoms with Crippen molar-refractivity contribution >= 4 is 17.7 Å². The van der Waals surface area contributed by atoms with Crippen molar-refractivity contribution in [3.63, 3.8) is 0 Å². The summed E-state index contributed by atoms with van der Waals surface area (Å²) in [5.41, 5.74) is 10.7. The molecule has 2 fully saturated rings. The SMILES string of the molecule is CCCCOCC1=C(N)C(=O)C2=C(C1=O)N1C[C@@H]3N[C@@H]3[C@]1(OC)[C@@H]2COC(N)=O. The Morgan fingerprint density at radius 2 is 2.10 bits per heavy atom. The van der Waals surface area contributed by atoms with Crippen molar-refractivity contribution in [3.8, 4) is 0 Å². The first-order valence-corrected chi connectivity index (χ1v) is 9.79. The lowest BCUT2D eigenvalue weighted by atomic mass is 9.82. The number of primary amides is 1. The zero-order valence-corrected chi connectivity index (χ0v) is 16.5. The molecular weight excluding hydrogens is 380 g/mol. The quantitative estimate of drug-likeness (QED) is 0.265. The Bertz CT molecular complexity index is 837. The van der Waals surface area contributed by atoms with Gasteiger partial charge in [-0.3, -0.25) is 9.59 Å². The summed E-state index contributed by atoms with van der Waals surface area (Å²) in [6.45, 7) is 2.82. The predicted octanol–water partition coefficient (Wildman–Crippen LogP) is -0.854. The molecule has 158 valence electrons. The molecular formula is C19H26N4O6. The van der Waals surface area contributed by atoms with E-state index in [2.05, 4.69) is 5.32 Å². The van der Waals surface area contributed by atoms with Gasteiger partial charge >= 0.3 is 6.09 Å². The van der Waals surface area contributed by atoms with Crippen molar-refractivity contribution in [1.82, 2.24) is 10.2 Å². The Hall–Kier alpha value is -2.43. The van der Waals surface area contributed by atoms with Crippen molar-refractivity contribution < 1.29 is 28.6 Å². The number of nitrogens with one attached hydrogen (secondary N) is 1. The summed E-state index contributed by atoms with van der Waals surface area (Å²) in [6, 6.07) is 0.0427. The number of carbonyl (C=O) groups is 3. The van der Waals surface area contributed by atoms with Crippen LogP contribution in [0, 0.1) is 5.92 Å². The highest BCUT2D eigenvalue weighted by atomic mass is 16.6. The van der Waals surface area contributed by atoms with E-state index in [-0.39, 0.29) is 53.6 Å². The molecule has 0 unspecified atom stereocenters. The van der Waals surface area contributed by atoms with Crippen molar-refractivity contribution in [1.29, 1.82) is 0 Å². The Labute approximate surface area is 168 Å². The number of fused-ring (bicyclic) bond motifs is 4. The van der Waals surface area contributed by atoms with E-state index in [1.54, 1.807) is 0 Å². The van der Waals surface area contributed by atoms with Crippen LogP contribution in [0.3, 0.4) is 0 Å². The number of ether oxygens (including phenoxy) is 3. The van der Waals surface area contributed by atoms with Crippen LogP contribution in [-0.2, 0) is 23.8 Å². The number of methoxy groups -OCH3 is 1. The topological polar surface area (TPSA) is 156 Å². The van der Waals surface area contributed by atoms with Crippen LogP contribution in [0.15, 0.2) is 22.5 Å². The van der Waals surface area contributed by atoms with Crippen molar-refractivity contribution in [3.05, 3.63) is 22.5 Å². The number of carbonyl (C=O) groups excluding carboxylic acids is 3. The highest BCUT2D eigenvalue weighted by molar-refractivity contribution is 6.25. The monoisotopic (exact) mass is 406 g/mol. The largest absolute Gasteiger partial charge is 0.449 e. The number of ketones is 2. The predicted molar refractivity (Wildman–Crippen MR) is 100 cm³/mol. The molecule has 0 aromatic rings. The Kier molecular flexibility index (Phi) is 4.88. The number of hydrogen-bond donors (Lipinski definition) is 3. The molecule has 4 aliphatic rings. The zero-order valence-electron chi connectivity index (χ0n) is 16.5. The number of allylic oxidation sites excluding steroid dienone is 2. The van der Waals surface area contributed by atoms with Gasteiger partial charge in [-0.25, -0.2) is 4.79 Å². The van der Waals surface area contributed by atoms with Crippen LogP contribution in [0.25, 0.3) is 0 Å². The fraction of sp³-hybridized carbons (Fsp3) is 0.632. The molecule has 3 heterocycles. The smallest absolute Gasteiger partial charge is 0.404 e. The van der Waals surface area contributed by atoms with Crippen molar-refractivity contribution in [2.24, 2.45) is 17.4 Å². The van der Waals surface area contributed by atoms with E-state index in [0.29, 0.717) is 13.2 Å². The molecule has 3 aliphatic heterocycles. The molecule has 0 saturated carbocycles. The van der Waals surface area contributed by atoms with E-state index >= 15 is 0 Å². The van der Waals surface area contributed by atoms with Crippen LogP contribution >= 0.6 is 0 Å². The maximum Gasteiger partial charge on any atom is 0.404 e. The summed E-state index contributed by atoms with van der Waals surface area (Å²) in [6.07, 6.45) is 0.848. The minimum atomic E-state index is -1.01. The highest BCUT2D eigenvalue weighted by Gasteiger charge is 2.72. The number of unbranched alkanes of at least 4 members (excludes halogenated alkanes) is 1. The zero-order chi connectivity index (χ0) is 20.9. The Morgan fingerprint density at radius 1 is 1.34 bits per heavy atom. The minimum absolute atomic E-state index is 0.0193. The van der Waals surface area contributed by atoms with Crippen LogP contribution in [0.2, 0.25) is 0 Å². The van der Waals surface area contributed by atoms with Crippen LogP contribution in [0.4, 0.5) is 4.79 Å². The Balaban J connectivity index is 1.69. The molecule has 1 aliphatic carbocycles. The minimum Gasteiger partial charge on any atom is -0.449 e. The van der Waals surface area contributed by atoms with Gasteiger partial charge in [0, 0.05) is 31.9 Å². The summed E-state index contributed by atoms with van der Waals surface area (Å²) >= 11 is 0. The van der Waals surface area contributed by atoms with Gasteiger partial charge in [-0.05, 0) is 6.42 Å². The van der Waals surface area contributed by atoms with Gasteiger partial charge in [0.15, 0.2) is 5.72 Å². The number of Topliss-reactive ketones (excluding diaryl/α,β-unsaturated/α-hetero) is 2. The number of nitrogens with zero attached hydrogens (tertiary/aromatic N) is 1. The maximum atomic E-state index is 13.4. The van der Waals surface area contributed by atoms with Crippen LogP contribution in [0.1, 0.15) is 19.8 Å². The van der Waals surface area contributed by atoms with E-state index in [9.17, 15) is 14.4 Å². The number of nitrogens with two attached hydrogens (primary N) is 2. The summed E-state index contributed by atoms with van der Waals surface area (Å²) in [5, 5.41) is 3.30. The standard InChI is InChI=1S/C19H26N4O6/c1-3-4-5-28-7-9-13(20)16(25)12-10(8-29-18(21)26)19(27-2)17-11(22-17)6-23(19)14(12)15(9)24/h10-11,17,22H,3-8,20H2,1-2H3,(H2,21,26)/t10-,11+,17+,19-/m1/s1. The maximum absolute atomic E-state index is 13.4. The molecule has 0 bridgehead atoms. The van der Waals surface area contributed by atoms with Gasteiger partial charge < -0.3 is 35.9 Å². The fourth-order valence-corrected chi connectivity index (χ4v) is 4.81. The van der Waals surface area contributed by atoms with E-state index in [1.807, 2.05) is 11.8 Å². The molecule has 0 aromatic carbocycles. The van der Waals surface area contributed by atoms with Gasteiger partial charge in [0.25, 0.3) is 0 Å². The highest BCUT2D eigenvalue weighted by Crippen LogP contribution is 2.55. The number of rotatable bonds is 8. The second-order valence-corrected chi connectivity index (χ2v) is 7.72. The molecule has 0 radical (unpaired) electrons. The molecule has 29 heavy (non-hydrogen) atoms. The number of hydrogen-bond acceptors (Lipinski definition) is 9. The number of amides is 1. The molecule has 2 saturated heterocycles. The second-order valence-electron chi connectivity index (χ2n) is 7.72. The van der Waals surface area contributed by atoms with Crippen molar-refractivity contribution in [2.75, 3.05) is 33.5 Å². The van der Waals surface area contributed by atoms with Gasteiger partial charge in [-0.15, -0.1) is 0 Å². The summed E-state index contributed by atoms with van der Waals surface area (Å²) in [4.78, 5) is 39.6. The molecule has 1 amide bonds. The van der Waals surface area contributed by atoms with Gasteiger partial charge in [0.05, 0.1) is 35.5 Å². The first-order valence-electron chi connectivity index (χ1n) is 9.79. The van der Waals surface area contributed by atoms with Gasteiger partial charge in [0.1, 0.15) is 6.61 Å². The summed E-state index contributed by atoms with van der Waals surface area (Å²) < 4.78 is 16.5. The van der Waals surface area contributed by atoms with Gasteiger partial charge in [0.2, 0.25) is 11.6 Å². The number of piperazine rings is 1. The third-order valence-corrected chi connectivity index (χ3v) is 6.22. The average Bonchev–Trinajstić information content (AvgIpc) is 3.30. The lowest BCUT2D eigenvalue weighted by molar-refractivity contribution is -0.137. The third-order valence-electron chi connectivity index (χ3n) is 6.22. The molecule has 4 atom stereocenters. The van der Waals surface area contributed by atoms with Crippen LogP contribution < -0.4 is 16.8 Å². The van der Waals surface area contributed by atoms with E-state index in [4.69, 9.17) is 25.7 Å². The first-order chi connectivity index (χ1) is 13.9. The van der Waals surface area contributed by atoms with Crippen LogP contribution in [0.5, 0.6) is 0 Å². The van der Waals surface area contributed by atoms with E-state index in [0.717, 1.165) is 12.8 Å². The average molecular weight is 406 g/mol. The molecule has 0 aromatic heterocycles. The molecule has 0 spiro atoms. The normalized spacial score (nSPS) is 32.5. The summed E-state index contributed by atoms with van der Waals surface area (Å²) in [7, 11) is 1.52. The first kappa shape index (κ1) is 19.9. The van der Waals surface area contributed by atoms with Crippen LogP contribution in [-0.4, -0.2) is 73.8 Å². The van der Waals surface area contributed by atoms with Gasteiger partial charge in [-0.1, -0.05) is 13.3 Å².